The molecular weight excluding hydrogens is 372 g/mol. The summed E-state index contributed by atoms with van der Waals surface area (Å²) in [5.74, 6) is -0.892. The first-order valence-corrected chi connectivity index (χ1v) is 7.89. The fourth-order valence-corrected chi connectivity index (χ4v) is 2.34. The molecule has 0 unspecified atom stereocenters. The topological polar surface area (TPSA) is 86.9 Å². The largest absolute Gasteiger partial charge is 0.340 e. The molecule has 0 fully saturated rings. The van der Waals surface area contributed by atoms with Crippen molar-refractivity contribution < 1.29 is 9.59 Å². The van der Waals surface area contributed by atoms with Crippen molar-refractivity contribution >= 4 is 39.1 Å². The standard InChI is InChI=1S/C17H13BrN4O2/c18-11-6-8-13(9-7-11)22-17(24)15-14(19-10-20-15)16(23)21-12-4-2-1-3-5-12/h1-10H,(H,19,20)(H,21,23)(H,22,24). The van der Waals surface area contributed by atoms with Crippen LogP contribution < -0.4 is 10.6 Å². The number of hydrogen-bond donors (Lipinski definition) is 3. The second-order valence-corrected chi connectivity index (χ2v) is 5.82. The zero-order valence-electron chi connectivity index (χ0n) is 12.4. The summed E-state index contributed by atoms with van der Waals surface area (Å²) in [6.07, 6.45) is 1.32. The summed E-state index contributed by atoms with van der Waals surface area (Å²) < 4.78 is 0.907. The average molecular weight is 385 g/mol. The van der Waals surface area contributed by atoms with E-state index >= 15 is 0 Å². The van der Waals surface area contributed by atoms with Crippen LogP contribution in [0.1, 0.15) is 21.0 Å². The summed E-state index contributed by atoms with van der Waals surface area (Å²) in [7, 11) is 0. The highest BCUT2D eigenvalue weighted by atomic mass is 79.9. The summed E-state index contributed by atoms with van der Waals surface area (Å²) >= 11 is 3.33. The van der Waals surface area contributed by atoms with Crippen molar-refractivity contribution in [2.24, 2.45) is 0 Å². The number of anilines is 2. The molecule has 0 bridgehead atoms. The Bertz CT molecular complexity index is 860. The molecule has 6 nitrogen and oxygen atoms in total. The van der Waals surface area contributed by atoms with Gasteiger partial charge in [0.15, 0.2) is 5.69 Å². The number of aromatic nitrogens is 2. The van der Waals surface area contributed by atoms with Gasteiger partial charge in [-0.15, -0.1) is 0 Å². The number of benzene rings is 2. The minimum atomic E-state index is -0.455. The number of nitrogens with one attached hydrogen (secondary N) is 3. The van der Waals surface area contributed by atoms with Gasteiger partial charge in [-0.3, -0.25) is 9.59 Å². The highest BCUT2D eigenvalue weighted by Gasteiger charge is 2.20. The molecular formula is C17H13BrN4O2. The number of carbonyl (C=O) groups excluding carboxylic acids is 2. The smallest absolute Gasteiger partial charge is 0.276 e. The molecule has 3 N–H and O–H groups in total. The van der Waals surface area contributed by atoms with E-state index in [9.17, 15) is 9.59 Å². The molecule has 0 saturated heterocycles. The van der Waals surface area contributed by atoms with Gasteiger partial charge in [-0.25, -0.2) is 4.98 Å². The molecule has 0 aliphatic carbocycles. The Morgan fingerprint density at radius 3 is 2.21 bits per heavy atom. The Labute approximate surface area is 146 Å². The van der Waals surface area contributed by atoms with Crippen LogP contribution in [0.25, 0.3) is 0 Å². The van der Waals surface area contributed by atoms with Gasteiger partial charge < -0.3 is 15.6 Å². The summed E-state index contributed by atoms with van der Waals surface area (Å²) in [4.78, 5) is 31.3. The maximum atomic E-state index is 12.4. The molecule has 1 aromatic heterocycles. The van der Waals surface area contributed by atoms with Crippen LogP contribution in [0, 0.1) is 0 Å². The Kier molecular flexibility index (Phi) is 4.72. The van der Waals surface area contributed by atoms with Crippen molar-refractivity contribution in [1.82, 2.24) is 9.97 Å². The molecule has 2 aromatic carbocycles. The van der Waals surface area contributed by atoms with Gasteiger partial charge in [-0.05, 0) is 36.4 Å². The van der Waals surface area contributed by atoms with Gasteiger partial charge in [0.25, 0.3) is 11.8 Å². The molecule has 1 heterocycles. The molecule has 0 saturated carbocycles. The molecule has 7 heteroatoms. The quantitative estimate of drug-likeness (QED) is 0.641. The lowest BCUT2D eigenvalue weighted by Crippen LogP contribution is -2.20. The van der Waals surface area contributed by atoms with Crippen molar-refractivity contribution in [2.75, 3.05) is 10.6 Å². The van der Waals surface area contributed by atoms with Crippen molar-refractivity contribution in [1.29, 1.82) is 0 Å². The van der Waals surface area contributed by atoms with Gasteiger partial charge in [0, 0.05) is 15.8 Å². The van der Waals surface area contributed by atoms with Crippen LogP contribution in [0.4, 0.5) is 11.4 Å². The maximum Gasteiger partial charge on any atom is 0.276 e. The Morgan fingerprint density at radius 2 is 1.50 bits per heavy atom. The Balaban J connectivity index is 1.75. The minimum absolute atomic E-state index is 0.0356. The number of hydrogen-bond acceptors (Lipinski definition) is 3. The Hall–Kier alpha value is -2.93. The Morgan fingerprint density at radius 1 is 0.875 bits per heavy atom. The number of aromatic amines is 1. The van der Waals surface area contributed by atoms with Crippen LogP contribution in [0.15, 0.2) is 65.4 Å². The van der Waals surface area contributed by atoms with Gasteiger partial charge in [-0.2, -0.15) is 0 Å². The summed E-state index contributed by atoms with van der Waals surface area (Å²) in [5.41, 5.74) is 1.39. The van der Waals surface area contributed by atoms with E-state index in [0.717, 1.165) is 4.47 Å². The van der Waals surface area contributed by atoms with Gasteiger partial charge in [0.05, 0.1) is 6.33 Å². The molecule has 0 spiro atoms. The first-order chi connectivity index (χ1) is 11.6. The van der Waals surface area contributed by atoms with Crippen LogP contribution >= 0.6 is 15.9 Å². The normalized spacial score (nSPS) is 10.2. The van der Waals surface area contributed by atoms with Crippen LogP contribution in [-0.2, 0) is 0 Å². The molecule has 0 aliphatic heterocycles. The monoisotopic (exact) mass is 384 g/mol. The number of nitrogens with zero attached hydrogens (tertiary/aromatic N) is 1. The lowest BCUT2D eigenvalue weighted by Gasteiger charge is -2.06. The van der Waals surface area contributed by atoms with Crippen LogP contribution in [-0.4, -0.2) is 21.8 Å². The number of para-hydroxylation sites is 1. The average Bonchev–Trinajstić information content (AvgIpc) is 3.08. The van der Waals surface area contributed by atoms with E-state index in [1.165, 1.54) is 6.33 Å². The van der Waals surface area contributed by atoms with E-state index in [1.54, 1.807) is 36.4 Å². The summed E-state index contributed by atoms with van der Waals surface area (Å²) in [5, 5.41) is 5.42. The van der Waals surface area contributed by atoms with E-state index in [-0.39, 0.29) is 11.4 Å². The zero-order valence-corrected chi connectivity index (χ0v) is 14.0. The van der Waals surface area contributed by atoms with E-state index in [1.807, 2.05) is 18.2 Å². The lowest BCUT2D eigenvalue weighted by molar-refractivity contribution is 0.0985. The number of H-pyrrole nitrogens is 1. The van der Waals surface area contributed by atoms with Crippen molar-refractivity contribution in [3.05, 3.63) is 76.8 Å². The van der Waals surface area contributed by atoms with Crippen molar-refractivity contribution in [3.63, 3.8) is 0 Å². The molecule has 120 valence electrons. The van der Waals surface area contributed by atoms with E-state index in [4.69, 9.17) is 0 Å². The van der Waals surface area contributed by atoms with E-state index in [0.29, 0.717) is 11.4 Å². The van der Waals surface area contributed by atoms with Gasteiger partial charge in [0.1, 0.15) is 5.69 Å². The zero-order chi connectivity index (χ0) is 16.9. The van der Waals surface area contributed by atoms with E-state index in [2.05, 4.69) is 36.5 Å². The molecule has 3 rings (SSSR count). The first kappa shape index (κ1) is 15.9. The first-order valence-electron chi connectivity index (χ1n) is 7.10. The molecule has 0 radical (unpaired) electrons. The summed E-state index contributed by atoms with van der Waals surface area (Å²) in [6, 6.07) is 16.1. The fourth-order valence-electron chi connectivity index (χ4n) is 2.08. The SMILES string of the molecule is O=C(Nc1ccccc1)c1nc[nH]c1C(=O)Nc1ccc(Br)cc1. The molecule has 24 heavy (non-hydrogen) atoms. The highest BCUT2D eigenvalue weighted by Crippen LogP contribution is 2.16. The van der Waals surface area contributed by atoms with Crippen molar-refractivity contribution in [2.45, 2.75) is 0 Å². The van der Waals surface area contributed by atoms with Crippen LogP contribution in [0.3, 0.4) is 0 Å². The third-order valence-corrected chi connectivity index (χ3v) is 3.74. The molecule has 3 aromatic rings. The fraction of sp³-hybridized carbons (Fsp3) is 0. The number of imidazole rings is 1. The minimum Gasteiger partial charge on any atom is -0.340 e. The third kappa shape index (κ3) is 3.69. The third-order valence-electron chi connectivity index (χ3n) is 3.22. The van der Waals surface area contributed by atoms with Gasteiger partial charge in [-0.1, -0.05) is 34.1 Å². The number of amides is 2. The van der Waals surface area contributed by atoms with Crippen LogP contribution in [0.5, 0.6) is 0 Å². The predicted molar refractivity (Wildman–Crippen MR) is 95.1 cm³/mol. The molecule has 0 atom stereocenters. The summed E-state index contributed by atoms with van der Waals surface area (Å²) in [6.45, 7) is 0. The number of carbonyl (C=O) groups is 2. The van der Waals surface area contributed by atoms with Crippen LogP contribution in [0.2, 0.25) is 0 Å². The molecule has 0 aliphatic rings. The number of halogens is 1. The van der Waals surface area contributed by atoms with Gasteiger partial charge in [0.2, 0.25) is 0 Å². The second-order valence-electron chi connectivity index (χ2n) is 4.91. The lowest BCUT2D eigenvalue weighted by atomic mass is 10.2. The predicted octanol–water partition coefficient (Wildman–Crippen LogP) is 3.68. The van der Waals surface area contributed by atoms with Gasteiger partial charge >= 0.3 is 0 Å². The molecule has 2 amide bonds. The van der Waals surface area contributed by atoms with E-state index < -0.39 is 11.8 Å². The highest BCUT2D eigenvalue weighted by molar-refractivity contribution is 9.10. The van der Waals surface area contributed by atoms with Crippen molar-refractivity contribution in [3.8, 4) is 0 Å². The number of rotatable bonds is 4. The second kappa shape index (κ2) is 7.10. The maximum absolute atomic E-state index is 12.4.